The minimum Gasteiger partial charge on any atom is -0.469 e. The first kappa shape index (κ1) is 14.1. The summed E-state index contributed by atoms with van der Waals surface area (Å²) in [5.74, 6) is 0.404. The first-order valence-electron chi connectivity index (χ1n) is 7.04. The molecule has 3 rings (SSSR count). The highest BCUT2D eigenvalue weighted by Crippen LogP contribution is 2.22. The van der Waals surface area contributed by atoms with Gasteiger partial charge < -0.3 is 9.73 Å². The maximum atomic E-state index is 12.4. The number of nitrogens with one attached hydrogen (secondary N) is 1. The minimum atomic E-state index is -0.194. The summed E-state index contributed by atoms with van der Waals surface area (Å²) in [5, 5.41) is 7.40. The molecular formula is C17H17N3O2. The van der Waals surface area contributed by atoms with Gasteiger partial charge in [0.15, 0.2) is 0 Å². The van der Waals surface area contributed by atoms with Crippen LogP contribution in [-0.2, 0) is 0 Å². The molecule has 0 fully saturated rings. The van der Waals surface area contributed by atoms with Gasteiger partial charge in [-0.05, 0) is 45.0 Å². The predicted octanol–water partition coefficient (Wildman–Crippen LogP) is 3.64. The monoisotopic (exact) mass is 295 g/mol. The van der Waals surface area contributed by atoms with Gasteiger partial charge in [0.25, 0.3) is 5.91 Å². The fourth-order valence-corrected chi connectivity index (χ4v) is 2.45. The molecule has 1 N–H and O–H groups in total. The first-order chi connectivity index (χ1) is 10.6. The number of hydrogen-bond acceptors (Lipinski definition) is 3. The molecule has 2 aromatic heterocycles. The van der Waals surface area contributed by atoms with Crippen LogP contribution in [0.25, 0.3) is 5.69 Å². The van der Waals surface area contributed by atoms with E-state index >= 15 is 0 Å². The standard InChI is InChI=1S/C17H17N3O2/c1-11-10-12(2)20(19-11)16-7-5-4-6-15(16)18-17(21)14-8-9-22-13(14)3/h4-10H,1-3H3,(H,18,21). The van der Waals surface area contributed by atoms with E-state index in [-0.39, 0.29) is 5.91 Å². The van der Waals surface area contributed by atoms with Crippen LogP contribution in [0.1, 0.15) is 27.5 Å². The van der Waals surface area contributed by atoms with E-state index in [9.17, 15) is 4.79 Å². The Labute approximate surface area is 128 Å². The molecule has 0 aliphatic rings. The van der Waals surface area contributed by atoms with Crippen LogP contribution >= 0.6 is 0 Å². The van der Waals surface area contributed by atoms with E-state index in [1.54, 1.807) is 13.0 Å². The molecule has 0 aliphatic carbocycles. The molecule has 0 saturated carbocycles. The van der Waals surface area contributed by atoms with E-state index in [0.717, 1.165) is 17.1 Å². The summed E-state index contributed by atoms with van der Waals surface area (Å²) in [6, 6.07) is 11.3. The molecule has 0 radical (unpaired) electrons. The van der Waals surface area contributed by atoms with Gasteiger partial charge in [0.1, 0.15) is 5.76 Å². The topological polar surface area (TPSA) is 60.1 Å². The van der Waals surface area contributed by atoms with Gasteiger partial charge in [0, 0.05) is 5.69 Å². The number of benzene rings is 1. The third-order valence-corrected chi connectivity index (χ3v) is 3.49. The van der Waals surface area contributed by atoms with Crippen molar-refractivity contribution >= 4 is 11.6 Å². The van der Waals surface area contributed by atoms with Crippen LogP contribution < -0.4 is 5.32 Å². The van der Waals surface area contributed by atoms with E-state index in [1.807, 2.05) is 48.9 Å². The van der Waals surface area contributed by atoms with E-state index in [4.69, 9.17) is 4.42 Å². The van der Waals surface area contributed by atoms with Gasteiger partial charge in [-0.3, -0.25) is 4.79 Å². The van der Waals surface area contributed by atoms with Gasteiger partial charge in [0.2, 0.25) is 0 Å². The predicted molar refractivity (Wildman–Crippen MR) is 84.4 cm³/mol. The first-order valence-corrected chi connectivity index (χ1v) is 7.04. The maximum Gasteiger partial charge on any atom is 0.259 e. The second-order valence-electron chi connectivity index (χ2n) is 5.20. The molecule has 0 bridgehead atoms. The van der Waals surface area contributed by atoms with Crippen molar-refractivity contribution in [1.82, 2.24) is 9.78 Å². The van der Waals surface area contributed by atoms with Gasteiger partial charge in [-0.2, -0.15) is 5.10 Å². The molecule has 0 saturated heterocycles. The van der Waals surface area contributed by atoms with Crippen LogP contribution in [0.4, 0.5) is 5.69 Å². The second kappa shape index (κ2) is 5.52. The third kappa shape index (κ3) is 2.53. The number of anilines is 1. The number of para-hydroxylation sites is 2. The molecule has 112 valence electrons. The number of rotatable bonds is 3. The highest BCUT2D eigenvalue weighted by molar-refractivity contribution is 6.05. The van der Waals surface area contributed by atoms with Gasteiger partial charge in [-0.25, -0.2) is 4.68 Å². The SMILES string of the molecule is Cc1cc(C)n(-c2ccccc2NC(=O)c2ccoc2C)n1. The normalized spacial score (nSPS) is 10.7. The number of nitrogens with zero attached hydrogens (tertiary/aromatic N) is 2. The fourth-order valence-electron chi connectivity index (χ4n) is 2.45. The zero-order valence-electron chi connectivity index (χ0n) is 12.8. The number of aromatic nitrogens is 2. The summed E-state index contributed by atoms with van der Waals surface area (Å²) in [4.78, 5) is 12.4. The second-order valence-corrected chi connectivity index (χ2v) is 5.20. The average molecular weight is 295 g/mol. The van der Waals surface area contributed by atoms with E-state index in [0.29, 0.717) is 17.0 Å². The Morgan fingerprint density at radius 3 is 2.59 bits per heavy atom. The number of amides is 1. The summed E-state index contributed by atoms with van der Waals surface area (Å²) < 4.78 is 7.01. The highest BCUT2D eigenvalue weighted by atomic mass is 16.3. The zero-order chi connectivity index (χ0) is 15.7. The summed E-state index contributed by atoms with van der Waals surface area (Å²) in [6.07, 6.45) is 1.51. The highest BCUT2D eigenvalue weighted by Gasteiger charge is 2.15. The maximum absolute atomic E-state index is 12.4. The lowest BCUT2D eigenvalue weighted by molar-refractivity contribution is 0.102. The molecule has 0 unspecified atom stereocenters. The van der Waals surface area contributed by atoms with Crippen molar-refractivity contribution in [1.29, 1.82) is 0 Å². The van der Waals surface area contributed by atoms with Crippen molar-refractivity contribution in [2.75, 3.05) is 5.32 Å². The third-order valence-electron chi connectivity index (χ3n) is 3.49. The molecule has 0 spiro atoms. The molecule has 0 atom stereocenters. The number of carbonyl (C=O) groups excluding carboxylic acids is 1. The molecule has 3 aromatic rings. The van der Waals surface area contributed by atoms with Crippen molar-refractivity contribution in [3.05, 3.63) is 65.4 Å². The molecule has 1 amide bonds. The van der Waals surface area contributed by atoms with E-state index in [1.165, 1.54) is 6.26 Å². The number of aryl methyl sites for hydroxylation is 3. The lowest BCUT2D eigenvalue weighted by Crippen LogP contribution is -2.14. The average Bonchev–Trinajstić information content (AvgIpc) is 3.05. The Hall–Kier alpha value is -2.82. The quantitative estimate of drug-likeness (QED) is 0.802. The Morgan fingerprint density at radius 1 is 1.18 bits per heavy atom. The summed E-state index contributed by atoms with van der Waals surface area (Å²) in [6.45, 7) is 5.69. The van der Waals surface area contributed by atoms with Crippen LogP contribution in [0, 0.1) is 20.8 Å². The minimum absolute atomic E-state index is 0.194. The Kier molecular flexibility index (Phi) is 3.55. The van der Waals surface area contributed by atoms with Crippen LogP contribution in [0.3, 0.4) is 0 Å². The molecule has 22 heavy (non-hydrogen) atoms. The van der Waals surface area contributed by atoms with Crippen LogP contribution in [0.5, 0.6) is 0 Å². The van der Waals surface area contributed by atoms with Crippen LogP contribution in [-0.4, -0.2) is 15.7 Å². The number of carbonyl (C=O) groups is 1. The Bertz CT molecular complexity index is 830. The van der Waals surface area contributed by atoms with Crippen LogP contribution in [0.15, 0.2) is 47.1 Å². The lowest BCUT2D eigenvalue weighted by atomic mass is 10.2. The van der Waals surface area contributed by atoms with Crippen LogP contribution in [0.2, 0.25) is 0 Å². The number of furan rings is 1. The smallest absolute Gasteiger partial charge is 0.259 e. The summed E-state index contributed by atoms with van der Waals surface area (Å²) >= 11 is 0. The van der Waals surface area contributed by atoms with Crippen molar-refractivity contribution in [3.8, 4) is 5.69 Å². The van der Waals surface area contributed by atoms with Crippen molar-refractivity contribution in [2.24, 2.45) is 0 Å². The molecular weight excluding hydrogens is 278 g/mol. The number of hydrogen-bond donors (Lipinski definition) is 1. The molecule has 1 aromatic carbocycles. The van der Waals surface area contributed by atoms with Gasteiger partial charge in [-0.1, -0.05) is 12.1 Å². The van der Waals surface area contributed by atoms with Crippen molar-refractivity contribution < 1.29 is 9.21 Å². The molecule has 5 heteroatoms. The van der Waals surface area contributed by atoms with Gasteiger partial charge in [0.05, 0.1) is 28.9 Å². The molecule has 5 nitrogen and oxygen atoms in total. The Balaban J connectivity index is 1.97. The summed E-state index contributed by atoms with van der Waals surface area (Å²) in [7, 11) is 0. The summed E-state index contributed by atoms with van der Waals surface area (Å²) in [5.41, 5.74) is 4.02. The Morgan fingerprint density at radius 2 is 1.95 bits per heavy atom. The van der Waals surface area contributed by atoms with Gasteiger partial charge in [-0.15, -0.1) is 0 Å². The largest absolute Gasteiger partial charge is 0.469 e. The van der Waals surface area contributed by atoms with E-state index < -0.39 is 0 Å². The van der Waals surface area contributed by atoms with Crippen molar-refractivity contribution in [2.45, 2.75) is 20.8 Å². The lowest BCUT2D eigenvalue weighted by Gasteiger charge is -2.12. The van der Waals surface area contributed by atoms with E-state index in [2.05, 4.69) is 10.4 Å². The van der Waals surface area contributed by atoms with Crippen molar-refractivity contribution in [3.63, 3.8) is 0 Å². The molecule has 0 aliphatic heterocycles. The van der Waals surface area contributed by atoms with Gasteiger partial charge >= 0.3 is 0 Å². The molecule has 2 heterocycles. The zero-order valence-corrected chi connectivity index (χ0v) is 12.8. The fraction of sp³-hybridized carbons (Fsp3) is 0.176.